The molecule has 11 heteroatoms. The van der Waals surface area contributed by atoms with E-state index in [1.807, 2.05) is 30.3 Å². The molecule has 1 amide bonds. The first-order valence-corrected chi connectivity index (χ1v) is 9.30. The zero-order valence-electron chi connectivity index (χ0n) is 16.0. The second-order valence-corrected chi connectivity index (χ2v) is 7.07. The monoisotopic (exact) mass is 421 g/mol. The number of aromatic nitrogens is 4. The Hall–Kier alpha value is -3.37. The maximum absolute atomic E-state index is 13.0. The van der Waals surface area contributed by atoms with Crippen LogP contribution < -0.4 is 5.69 Å². The number of hydrogen-bond donors (Lipinski definition) is 0. The minimum Gasteiger partial charge on any atom is -0.355 e. The molecule has 0 N–H and O–H groups in total. The molecule has 0 radical (unpaired) electrons. The molecule has 0 atom stereocenters. The quantitative estimate of drug-likeness (QED) is 0.649. The first-order valence-electron chi connectivity index (χ1n) is 9.30. The molecule has 1 aliphatic heterocycles. The van der Waals surface area contributed by atoms with Crippen molar-refractivity contribution in [3.05, 3.63) is 58.4 Å². The second-order valence-electron chi connectivity index (χ2n) is 7.07. The van der Waals surface area contributed by atoms with Crippen molar-refractivity contribution in [1.29, 1.82) is 0 Å². The molecule has 3 aromatic rings. The van der Waals surface area contributed by atoms with Crippen molar-refractivity contribution in [2.75, 3.05) is 13.1 Å². The van der Waals surface area contributed by atoms with Crippen LogP contribution in [0.4, 0.5) is 13.2 Å². The van der Waals surface area contributed by atoms with Crippen molar-refractivity contribution in [3.63, 3.8) is 0 Å². The summed E-state index contributed by atoms with van der Waals surface area (Å²) in [6.07, 6.45) is -4.09. The van der Waals surface area contributed by atoms with Crippen molar-refractivity contribution in [3.8, 4) is 11.3 Å². The second kappa shape index (κ2) is 7.47. The summed E-state index contributed by atoms with van der Waals surface area (Å²) in [5.41, 5.74) is 0.121. The van der Waals surface area contributed by atoms with Crippen LogP contribution in [-0.4, -0.2) is 43.4 Å². The fourth-order valence-electron chi connectivity index (χ4n) is 3.53. The lowest BCUT2D eigenvalue weighted by Gasteiger charge is -2.31. The van der Waals surface area contributed by atoms with E-state index < -0.39 is 23.7 Å². The van der Waals surface area contributed by atoms with Gasteiger partial charge in [0.1, 0.15) is 0 Å². The summed E-state index contributed by atoms with van der Waals surface area (Å²) >= 11 is 0. The van der Waals surface area contributed by atoms with Gasteiger partial charge in [-0.2, -0.15) is 13.2 Å². The van der Waals surface area contributed by atoms with Gasteiger partial charge < -0.3 is 9.42 Å². The summed E-state index contributed by atoms with van der Waals surface area (Å²) in [6.45, 7) is 0.531. The Morgan fingerprint density at radius 2 is 1.83 bits per heavy atom. The molecule has 1 aliphatic rings. The summed E-state index contributed by atoms with van der Waals surface area (Å²) in [4.78, 5) is 26.4. The highest BCUT2D eigenvalue weighted by atomic mass is 19.4. The molecule has 1 fully saturated rings. The molecule has 0 spiro atoms. The van der Waals surface area contributed by atoms with E-state index in [0.717, 1.165) is 17.3 Å². The highest BCUT2D eigenvalue weighted by Crippen LogP contribution is 2.28. The summed E-state index contributed by atoms with van der Waals surface area (Å²) in [6, 6.07) is 10.3. The maximum Gasteiger partial charge on any atom is 0.451 e. The lowest BCUT2D eigenvalue weighted by molar-refractivity contribution is -0.147. The van der Waals surface area contributed by atoms with Crippen LogP contribution in [0.25, 0.3) is 11.3 Å². The van der Waals surface area contributed by atoms with E-state index in [0.29, 0.717) is 23.2 Å². The molecule has 0 bridgehead atoms. The van der Waals surface area contributed by atoms with E-state index in [4.69, 9.17) is 4.52 Å². The lowest BCUT2D eigenvalue weighted by Crippen LogP contribution is -2.41. The van der Waals surface area contributed by atoms with E-state index in [9.17, 15) is 22.8 Å². The zero-order valence-corrected chi connectivity index (χ0v) is 16.0. The van der Waals surface area contributed by atoms with E-state index >= 15 is 0 Å². The van der Waals surface area contributed by atoms with E-state index in [1.54, 1.807) is 11.0 Å². The van der Waals surface area contributed by atoms with Crippen LogP contribution in [0.2, 0.25) is 0 Å². The molecule has 158 valence electrons. The molecule has 8 nitrogen and oxygen atoms in total. The Morgan fingerprint density at radius 1 is 1.17 bits per heavy atom. The normalized spacial score (nSPS) is 15.5. The average Bonchev–Trinajstić information content (AvgIpc) is 3.34. The topological polar surface area (TPSA) is 86.2 Å². The number of halogens is 3. The fraction of sp³-hybridized carbons (Fsp3) is 0.368. The highest BCUT2D eigenvalue weighted by molar-refractivity contribution is 5.93. The van der Waals surface area contributed by atoms with E-state index in [-0.39, 0.29) is 24.7 Å². The number of piperidine rings is 1. The van der Waals surface area contributed by atoms with Crippen molar-refractivity contribution >= 4 is 5.91 Å². The Morgan fingerprint density at radius 3 is 2.43 bits per heavy atom. The van der Waals surface area contributed by atoms with Gasteiger partial charge in [0, 0.05) is 31.8 Å². The van der Waals surface area contributed by atoms with Crippen molar-refractivity contribution < 1.29 is 22.5 Å². The molecule has 0 aliphatic carbocycles. The van der Waals surface area contributed by atoms with Crippen LogP contribution in [-0.2, 0) is 13.2 Å². The number of benzene rings is 1. The Kier molecular flexibility index (Phi) is 4.96. The van der Waals surface area contributed by atoms with Crippen LogP contribution in [0, 0.1) is 0 Å². The van der Waals surface area contributed by atoms with Crippen molar-refractivity contribution in [2.24, 2.45) is 7.05 Å². The van der Waals surface area contributed by atoms with Gasteiger partial charge in [0.15, 0.2) is 11.5 Å². The Labute approximate surface area is 168 Å². The summed E-state index contributed by atoms with van der Waals surface area (Å²) < 4.78 is 45.6. The highest BCUT2D eigenvalue weighted by Gasteiger charge is 2.39. The molecular formula is C19H18F3N5O3. The van der Waals surface area contributed by atoms with Crippen LogP contribution in [0.15, 0.2) is 45.7 Å². The number of carbonyl (C=O) groups is 1. The van der Waals surface area contributed by atoms with Crippen LogP contribution in [0.1, 0.15) is 35.2 Å². The minimum absolute atomic E-state index is 0.154. The van der Waals surface area contributed by atoms with Gasteiger partial charge in [0.2, 0.25) is 5.82 Å². The molecular weight excluding hydrogens is 403 g/mol. The Bertz CT molecular complexity index is 1110. The first kappa shape index (κ1) is 19.9. The maximum atomic E-state index is 13.0. The van der Waals surface area contributed by atoms with Gasteiger partial charge in [-0.1, -0.05) is 35.5 Å². The largest absolute Gasteiger partial charge is 0.451 e. The number of nitrogens with zero attached hydrogens (tertiary/aromatic N) is 5. The smallest absolute Gasteiger partial charge is 0.355 e. The molecule has 30 heavy (non-hydrogen) atoms. The van der Waals surface area contributed by atoms with Crippen LogP contribution in [0.5, 0.6) is 0 Å². The van der Waals surface area contributed by atoms with Gasteiger partial charge in [-0.15, -0.1) is 5.10 Å². The predicted molar refractivity (Wildman–Crippen MR) is 98.6 cm³/mol. The number of amides is 1. The molecule has 3 heterocycles. The predicted octanol–water partition coefficient (Wildman–Crippen LogP) is 2.73. The van der Waals surface area contributed by atoms with E-state index in [1.165, 1.54) is 0 Å². The zero-order chi connectivity index (χ0) is 21.5. The van der Waals surface area contributed by atoms with Crippen LogP contribution >= 0.6 is 0 Å². The Balaban J connectivity index is 1.45. The number of carbonyl (C=O) groups excluding carboxylic acids is 1. The fourth-order valence-corrected chi connectivity index (χ4v) is 3.53. The van der Waals surface area contributed by atoms with Crippen molar-refractivity contribution in [2.45, 2.75) is 25.1 Å². The van der Waals surface area contributed by atoms with Crippen molar-refractivity contribution in [1.82, 2.24) is 24.4 Å². The SMILES string of the molecule is Cn1c(C(F)(F)F)nn(C2CCN(C(=O)c3cc(-c4ccccc4)on3)CC2)c1=O. The lowest BCUT2D eigenvalue weighted by atomic mass is 10.0. The molecule has 0 saturated carbocycles. The standard InChI is InChI=1S/C19H18F3N5O3/c1-25-17(19(20,21)22)23-27(18(25)29)13-7-9-26(10-8-13)16(28)14-11-15(30-24-14)12-5-3-2-4-6-12/h2-6,11,13H,7-10H2,1H3. The van der Waals surface area contributed by atoms with Gasteiger partial charge in [-0.05, 0) is 12.8 Å². The van der Waals surface area contributed by atoms with Gasteiger partial charge >= 0.3 is 11.9 Å². The average molecular weight is 421 g/mol. The number of hydrogen-bond acceptors (Lipinski definition) is 5. The summed E-state index contributed by atoms with van der Waals surface area (Å²) in [5, 5.41) is 7.32. The van der Waals surface area contributed by atoms with Gasteiger partial charge in [0.25, 0.3) is 5.91 Å². The number of alkyl halides is 3. The number of likely N-dealkylation sites (tertiary alicyclic amines) is 1. The molecule has 0 unspecified atom stereocenters. The van der Waals surface area contributed by atoms with Gasteiger partial charge in [-0.3, -0.25) is 9.36 Å². The minimum atomic E-state index is -4.71. The molecule has 4 rings (SSSR count). The molecule has 1 saturated heterocycles. The summed E-state index contributed by atoms with van der Waals surface area (Å²) in [5.74, 6) is -1.10. The van der Waals surface area contributed by atoms with E-state index in [2.05, 4.69) is 10.3 Å². The van der Waals surface area contributed by atoms with Crippen LogP contribution in [0.3, 0.4) is 0 Å². The first-order chi connectivity index (χ1) is 14.3. The van der Waals surface area contributed by atoms with Gasteiger partial charge in [-0.25, -0.2) is 9.48 Å². The third-order valence-electron chi connectivity index (χ3n) is 5.14. The third-order valence-corrected chi connectivity index (χ3v) is 5.14. The molecule has 1 aromatic carbocycles. The molecule has 2 aromatic heterocycles. The summed E-state index contributed by atoms with van der Waals surface area (Å²) in [7, 11) is 1.04. The third kappa shape index (κ3) is 3.62. The number of rotatable bonds is 3. The van der Waals surface area contributed by atoms with Gasteiger partial charge in [0.05, 0.1) is 6.04 Å².